The molecule has 3 heteroatoms. The molecule has 0 saturated heterocycles. The van der Waals surface area contributed by atoms with Gasteiger partial charge < -0.3 is 5.73 Å². The van der Waals surface area contributed by atoms with Crippen LogP contribution in [0, 0.1) is 12.7 Å². The maximum atomic E-state index is 12.1. The van der Waals surface area contributed by atoms with Gasteiger partial charge >= 0.3 is 0 Å². The first kappa shape index (κ1) is 25.8. The second-order valence-electron chi connectivity index (χ2n) is 2.80. The molecule has 2 N–H and O–H groups in total. The predicted octanol–water partition coefficient (Wildman–Crippen LogP) is 5.13. The molecule has 0 unspecified atom stereocenters. The van der Waals surface area contributed by atoms with Crippen LogP contribution < -0.4 is 5.73 Å². The number of hydrogen-bond acceptors (Lipinski definition) is 1. The van der Waals surface area contributed by atoms with Crippen LogP contribution >= 0.6 is 0 Å². The zero-order valence-corrected chi connectivity index (χ0v) is 13.1. The molecule has 0 aliphatic rings. The van der Waals surface area contributed by atoms with E-state index in [1.807, 2.05) is 20.8 Å². The van der Waals surface area contributed by atoms with Crippen molar-refractivity contribution < 1.29 is 8.78 Å². The SMILES string of the molecule is CC.CCCC.CF.CN.Cc1ccc(F)cc1. The highest BCUT2D eigenvalue weighted by Gasteiger charge is 1.83. The first-order valence-electron chi connectivity index (χ1n) is 6.38. The first-order valence-corrected chi connectivity index (χ1v) is 6.38. The van der Waals surface area contributed by atoms with Gasteiger partial charge in [-0.1, -0.05) is 58.2 Å². The summed E-state index contributed by atoms with van der Waals surface area (Å²) in [7, 11) is 2.00. The van der Waals surface area contributed by atoms with Gasteiger partial charge in [0.25, 0.3) is 0 Å². The van der Waals surface area contributed by atoms with Gasteiger partial charge in [0.05, 0.1) is 7.18 Å². The summed E-state index contributed by atoms with van der Waals surface area (Å²) in [5.41, 5.74) is 5.59. The smallest absolute Gasteiger partial charge is 0.123 e. The van der Waals surface area contributed by atoms with Gasteiger partial charge in [-0.2, -0.15) is 0 Å². The zero-order chi connectivity index (χ0) is 15.4. The number of alkyl halides is 1. The molecule has 0 heterocycles. The highest BCUT2D eigenvalue weighted by Crippen LogP contribution is 1.98. The first-order chi connectivity index (χ1) is 8.70. The lowest BCUT2D eigenvalue weighted by Gasteiger charge is -1.87. The van der Waals surface area contributed by atoms with Gasteiger partial charge in [0.15, 0.2) is 0 Å². The van der Waals surface area contributed by atoms with Crippen LogP contribution in [0.25, 0.3) is 0 Å². The van der Waals surface area contributed by atoms with E-state index in [1.54, 1.807) is 12.1 Å². The minimum Gasteiger partial charge on any atom is -0.333 e. The number of unbranched alkanes of at least 4 members (excludes halogenated alkanes) is 1. The van der Waals surface area contributed by atoms with E-state index in [1.165, 1.54) is 32.0 Å². The van der Waals surface area contributed by atoms with Crippen LogP contribution in [0.4, 0.5) is 8.78 Å². The fourth-order valence-electron chi connectivity index (χ4n) is 0.533. The van der Waals surface area contributed by atoms with E-state index in [9.17, 15) is 8.78 Å². The minimum atomic E-state index is -0.171. The molecule has 0 radical (unpaired) electrons. The van der Waals surface area contributed by atoms with Crippen molar-refractivity contribution in [3.63, 3.8) is 0 Å². The van der Waals surface area contributed by atoms with Crippen molar-refractivity contribution in [2.24, 2.45) is 5.73 Å². The average Bonchev–Trinajstić information content (AvgIpc) is 2.49. The van der Waals surface area contributed by atoms with Crippen molar-refractivity contribution in [3.05, 3.63) is 35.6 Å². The average molecular weight is 263 g/mol. The molecule has 0 fully saturated rings. The summed E-state index contributed by atoms with van der Waals surface area (Å²) >= 11 is 0. The summed E-state index contributed by atoms with van der Waals surface area (Å²) in [4.78, 5) is 0. The molecule has 0 atom stereocenters. The Morgan fingerprint density at radius 2 is 1.17 bits per heavy atom. The van der Waals surface area contributed by atoms with Gasteiger partial charge in [0.2, 0.25) is 0 Å². The van der Waals surface area contributed by atoms with Gasteiger partial charge in [-0.3, -0.25) is 4.39 Å². The van der Waals surface area contributed by atoms with Gasteiger partial charge in [0, 0.05) is 0 Å². The Kier molecular flexibility index (Phi) is 42.6. The third kappa shape index (κ3) is 29.4. The van der Waals surface area contributed by atoms with Crippen LogP contribution in [0.1, 0.15) is 46.1 Å². The molecule has 0 aliphatic heterocycles. The van der Waals surface area contributed by atoms with E-state index >= 15 is 0 Å². The monoisotopic (exact) mass is 263 g/mol. The number of benzene rings is 1. The topological polar surface area (TPSA) is 26.0 Å². The molecule has 1 rings (SSSR count). The second-order valence-corrected chi connectivity index (χ2v) is 2.80. The number of nitrogens with two attached hydrogens (primary N) is 1. The van der Waals surface area contributed by atoms with Crippen molar-refractivity contribution in [2.75, 3.05) is 14.2 Å². The molecule has 0 amide bonds. The summed E-state index contributed by atoms with van der Waals surface area (Å²) < 4.78 is 21.6. The van der Waals surface area contributed by atoms with Crippen LogP contribution in [-0.4, -0.2) is 14.2 Å². The van der Waals surface area contributed by atoms with Crippen LogP contribution in [-0.2, 0) is 0 Å². The molecule has 1 nitrogen and oxygen atoms in total. The summed E-state index contributed by atoms with van der Waals surface area (Å²) in [6, 6.07) is 6.40. The molecule has 0 spiro atoms. The molecule has 110 valence electrons. The highest BCUT2D eigenvalue weighted by atomic mass is 19.1. The standard InChI is InChI=1S/C7H7F.C4H10.C2H6.CH3F.CH5N/c1-6-2-4-7(8)5-3-6;1-3-4-2;3*1-2/h2-5H,1H3;3-4H2,1-2H3;1-2H3;1H3;2H2,1H3. The zero-order valence-electron chi connectivity index (χ0n) is 13.1. The maximum absolute atomic E-state index is 12.1. The maximum Gasteiger partial charge on any atom is 0.123 e. The van der Waals surface area contributed by atoms with Gasteiger partial charge in [-0.05, 0) is 26.1 Å². The van der Waals surface area contributed by atoms with E-state index in [0.29, 0.717) is 7.18 Å². The third-order valence-electron chi connectivity index (χ3n) is 1.51. The Morgan fingerprint density at radius 1 is 0.889 bits per heavy atom. The molecule has 0 bridgehead atoms. The number of halogens is 2. The molecular formula is C15H31F2N. The third-order valence-corrected chi connectivity index (χ3v) is 1.51. The Balaban J connectivity index is -0.0000000841. The van der Waals surface area contributed by atoms with Gasteiger partial charge in [0.1, 0.15) is 5.82 Å². The molecule has 1 aromatic rings. The summed E-state index contributed by atoms with van der Waals surface area (Å²) in [6.07, 6.45) is 2.64. The fourth-order valence-corrected chi connectivity index (χ4v) is 0.533. The molecule has 0 aliphatic carbocycles. The van der Waals surface area contributed by atoms with Crippen LogP contribution in [0.3, 0.4) is 0 Å². The van der Waals surface area contributed by atoms with Gasteiger partial charge in [-0.25, -0.2) is 4.39 Å². The van der Waals surface area contributed by atoms with Crippen molar-refractivity contribution in [1.29, 1.82) is 0 Å². The lowest BCUT2D eigenvalue weighted by atomic mass is 10.2. The molecule has 18 heavy (non-hydrogen) atoms. The lowest BCUT2D eigenvalue weighted by molar-refractivity contribution is 0.627. The Bertz CT molecular complexity index is 175. The summed E-state index contributed by atoms with van der Waals surface area (Å²) in [5.74, 6) is -0.171. The van der Waals surface area contributed by atoms with Crippen molar-refractivity contribution >= 4 is 0 Å². The molecule has 1 aromatic carbocycles. The lowest BCUT2D eigenvalue weighted by Crippen LogP contribution is -1.71. The van der Waals surface area contributed by atoms with E-state index in [0.717, 1.165) is 5.56 Å². The number of hydrogen-bond donors (Lipinski definition) is 1. The second kappa shape index (κ2) is 29.8. The van der Waals surface area contributed by atoms with Crippen molar-refractivity contribution in [1.82, 2.24) is 0 Å². The van der Waals surface area contributed by atoms with Crippen LogP contribution in [0.2, 0.25) is 0 Å². The largest absolute Gasteiger partial charge is 0.333 e. The Morgan fingerprint density at radius 3 is 1.33 bits per heavy atom. The summed E-state index contributed by atoms with van der Waals surface area (Å²) in [6.45, 7) is 10.3. The minimum absolute atomic E-state index is 0.171. The normalized spacial score (nSPS) is 6.78. The molecule has 0 saturated carbocycles. The number of rotatable bonds is 1. The number of aryl methyl sites for hydroxylation is 1. The fraction of sp³-hybridized carbons (Fsp3) is 0.600. The Labute approximate surface area is 112 Å². The van der Waals surface area contributed by atoms with E-state index < -0.39 is 0 Å². The van der Waals surface area contributed by atoms with Crippen LogP contribution in [0.15, 0.2) is 24.3 Å². The quantitative estimate of drug-likeness (QED) is 0.747. The van der Waals surface area contributed by atoms with Crippen molar-refractivity contribution in [2.45, 2.75) is 47.5 Å². The Hall–Kier alpha value is -0.960. The van der Waals surface area contributed by atoms with E-state index in [-0.39, 0.29) is 5.82 Å². The highest BCUT2D eigenvalue weighted by molar-refractivity contribution is 5.13. The van der Waals surface area contributed by atoms with E-state index in [2.05, 4.69) is 19.6 Å². The van der Waals surface area contributed by atoms with E-state index in [4.69, 9.17) is 0 Å². The van der Waals surface area contributed by atoms with Crippen molar-refractivity contribution in [3.8, 4) is 0 Å². The predicted molar refractivity (Wildman–Crippen MR) is 80.2 cm³/mol. The molecular weight excluding hydrogens is 232 g/mol. The van der Waals surface area contributed by atoms with Crippen LogP contribution in [0.5, 0.6) is 0 Å². The van der Waals surface area contributed by atoms with Gasteiger partial charge in [-0.15, -0.1) is 0 Å². The summed E-state index contributed by atoms with van der Waals surface area (Å²) in [5, 5.41) is 0. The molecule has 0 aromatic heterocycles.